The number of hydrogen-bond acceptors (Lipinski definition) is 4. The Morgan fingerprint density at radius 3 is 2.68 bits per heavy atom. The molecule has 1 aromatic carbocycles. The molecular weight excluding hydrogens is 304 g/mol. The van der Waals surface area contributed by atoms with Crippen LogP contribution in [-0.4, -0.2) is 38.5 Å². The van der Waals surface area contributed by atoms with Crippen LogP contribution >= 0.6 is 11.8 Å². The monoisotopic (exact) mass is 318 g/mol. The van der Waals surface area contributed by atoms with Gasteiger partial charge in [-0.1, -0.05) is 30.3 Å². The first-order chi connectivity index (χ1) is 10.5. The number of carboxylic acid groups (broad SMARTS) is 1. The molecule has 2 amide bonds. The number of thioether (sulfide) groups is 1. The predicted octanol–water partition coefficient (Wildman–Crippen LogP) is 0.945. The molecule has 7 heteroatoms. The number of aliphatic carboxylic acids is 1. The number of amides is 2. The van der Waals surface area contributed by atoms with E-state index in [2.05, 4.69) is 5.32 Å². The van der Waals surface area contributed by atoms with Gasteiger partial charge in [-0.3, -0.25) is 14.5 Å². The van der Waals surface area contributed by atoms with E-state index in [9.17, 15) is 19.5 Å². The van der Waals surface area contributed by atoms with Crippen LogP contribution in [0.4, 0.5) is 0 Å². The highest BCUT2D eigenvalue weighted by atomic mass is 32.2. The fraction of sp³-hybridized carbons (Fsp3) is 0.267. The van der Waals surface area contributed by atoms with Gasteiger partial charge in [-0.05, 0) is 11.6 Å². The largest absolute Gasteiger partial charge is 0.477 e. The number of nitrogens with zero attached hydrogens (tertiary/aromatic N) is 1. The van der Waals surface area contributed by atoms with Crippen molar-refractivity contribution >= 4 is 29.5 Å². The summed E-state index contributed by atoms with van der Waals surface area (Å²) in [5.41, 5.74) is 0.841. The highest BCUT2D eigenvalue weighted by Gasteiger charge is 2.45. The average molecular weight is 318 g/mol. The second kappa shape index (κ2) is 5.84. The van der Waals surface area contributed by atoms with E-state index in [1.807, 2.05) is 30.3 Å². The second-order valence-corrected chi connectivity index (χ2v) is 6.39. The Morgan fingerprint density at radius 1 is 1.32 bits per heavy atom. The summed E-state index contributed by atoms with van der Waals surface area (Å²) in [5.74, 6) is -1.52. The molecular formula is C15H14N2O4S. The zero-order valence-corrected chi connectivity index (χ0v) is 12.4. The molecule has 2 aliphatic heterocycles. The van der Waals surface area contributed by atoms with Gasteiger partial charge >= 0.3 is 5.97 Å². The lowest BCUT2D eigenvalue weighted by molar-refractivity contribution is -0.146. The molecule has 0 aliphatic carbocycles. The summed E-state index contributed by atoms with van der Waals surface area (Å²) in [7, 11) is 0. The molecule has 2 aliphatic rings. The van der Waals surface area contributed by atoms with Crippen molar-refractivity contribution in [3.8, 4) is 0 Å². The number of β-lactam (4-membered cyclic amide) rings is 1. The van der Waals surface area contributed by atoms with Gasteiger partial charge in [0.15, 0.2) is 0 Å². The van der Waals surface area contributed by atoms with Crippen LogP contribution in [0, 0.1) is 0 Å². The minimum atomic E-state index is -1.15. The third-order valence-electron chi connectivity index (χ3n) is 3.51. The van der Waals surface area contributed by atoms with Crippen LogP contribution in [0.15, 0.2) is 42.1 Å². The lowest BCUT2D eigenvalue weighted by Gasteiger charge is -2.44. The van der Waals surface area contributed by atoms with E-state index in [0.29, 0.717) is 6.42 Å². The van der Waals surface area contributed by atoms with E-state index in [4.69, 9.17) is 0 Å². The quantitative estimate of drug-likeness (QED) is 0.807. The van der Waals surface area contributed by atoms with Gasteiger partial charge in [0.25, 0.3) is 0 Å². The Labute approximate surface area is 131 Å². The van der Waals surface area contributed by atoms with Gasteiger partial charge in [-0.2, -0.15) is 0 Å². The van der Waals surface area contributed by atoms with Gasteiger partial charge in [-0.15, -0.1) is 11.8 Å². The molecule has 1 unspecified atom stereocenters. The lowest BCUT2D eigenvalue weighted by atomic mass is 10.1. The second-order valence-electron chi connectivity index (χ2n) is 5.07. The fourth-order valence-corrected chi connectivity index (χ4v) is 3.80. The topological polar surface area (TPSA) is 86.7 Å². The number of carbonyl (C=O) groups excluding carboxylic acids is 2. The maximum atomic E-state index is 12.0. The van der Waals surface area contributed by atoms with Crippen molar-refractivity contribution in [2.45, 2.75) is 23.6 Å². The first-order valence-electron chi connectivity index (χ1n) is 6.80. The summed E-state index contributed by atoms with van der Waals surface area (Å²) in [6, 6.07) is 9.32. The van der Waals surface area contributed by atoms with Gasteiger partial charge in [0.2, 0.25) is 11.8 Å². The zero-order valence-electron chi connectivity index (χ0n) is 11.6. The van der Waals surface area contributed by atoms with Crippen LogP contribution in [0.25, 0.3) is 0 Å². The van der Waals surface area contributed by atoms with Crippen LogP contribution in [0.5, 0.6) is 0 Å². The van der Waals surface area contributed by atoms with Crippen molar-refractivity contribution in [1.82, 2.24) is 10.2 Å². The minimum Gasteiger partial charge on any atom is -0.477 e. The Balaban J connectivity index is 1.67. The molecule has 3 rings (SSSR count). The summed E-state index contributed by atoms with van der Waals surface area (Å²) >= 11 is 1.38. The Bertz CT molecular complexity index is 659. The standard InChI is InChI=1S/C15H14N2O4S/c18-11(6-9-4-2-1-3-5-9)16-12-7-10(15(20)21)17-13(19)8-14(17)22-12/h1-5,7,12,14H,6,8H2,(H,16,18)(H,20,21)/t12?,14-/m1/s1. The maximum absolute atomic E-state index is 12.0. The third-order valence-corrected chi connectivity index (χ3v) is 4.75. The van der Waals surface area contributed by atoms with Crippen molar-refractivity contribution in [2.24, 2.45) is 0 Å². The molecule has 6 nitrogen and oxygen atoms in total. The zero-order chi connectivity index (χ0) is 15.7. The van der Waals surface area contributed by atoms with Crippen LogP contribution in [0.1, 0.15) is 12.0 Å². The smallest absolute Gasteiger partial charge is 0.352 e. The molecule has 0 spiro atoms. The first-order valence-corrected chi connectivity index (χ1v) is 7.75. The lowest BCUT2D eigenvalue weighted by Crippen LogP contribution is -2.55. The van der Waals surface area contributed by atoms with E-state index in [0.717, 1.165) is 5.56 Å². The van der Waals surface area contributed by atoms with E-state index < -0.39 is 11.3 Å². The molecule has 0 aromatic heterocycles. The van der Waals surface area contributed by atoms with Crippen molar-refractivity contribution in [2.75, 3.05) is 0 Å². The molecule has 0 saturated carbocycles. The Morgan fingerprint density at radius 2 is 2.05 bits per heavy atom. The molecule has 1 fully saturated rings. The fourth-order valence-electron chi connectivity index (χ4n) is 2.46. The Hall–Kier alpha value is -2.28. The summed E-state index contributed by atoms with van der Waals surface area (Å²) in [5, 5.41) is 11.3. The van der Waals surface area contributed by atoms with Gasteiger partial charge < -0.3 is 10.4 Å². The summed E-state index contributed by atoms with van der Waals surface area (Å²) in [4.78, 5) is 36.0. The van der Waals surface area contributed by atoms with Crippen LogP contribution < -0.4 is 5.32 Å². The Kier molecular flexibility index (Phi) is 3.89. The molecule has 0 radical (unpaired) electrons. The van der Waals surface area contributed by atoms with Crippen LogP contribution in [0.3, 0.4) is 0 Å². The maximum Gasteiger partial charge on any atom is 0.352 e. The van der Waals surface area contributed by atoms with Gasteiger partial charge in [-0.25, -0.2) is 4.79 Å². The molecule has 0 bridgehead atoms. The number of benzene rings is 1. The number of carboxylic acids is 1. The molecule has 22 heavy (non-hydrogen) atoms. The molecule has 1 aromatic rings. The highest BCUT2D eigenvalue weighted by molar-refractivity contribution is 8.00. The first kappa shape index (κ1) is 14.6. The number of rotatable bonds is 4. The van der Waals surface area contributed by atoms with Crippen LogP contribution in [-0.2, 0) is 20.8 Å². The average Bonchev–Trinajstić information content (AvgIpc) is 2.46. The molecule has 2 atom stereocenters. The predicted molar refractivity (Wildman–Crippen MR) is 80.6 cm³/mol. The summed E-state index contributed by atoms with van der Waals surface area (Å²) < 4.78 is 0. The highest BCUT2D eigenvalue weighted by Crippen LogP contribution is 2.39. The van der Waals surface area contributed by atoms with Crippen molar-refractivity contribution in [3.63, 3.8) is 0 Å². The third kappa shape index (κ3) is 2.85. The number of fused-ring (bicyclic) bond motifs is 1. The number of nitrogens with one attached hydrogen (secondary N) is 1. The van der Waals surface area contributed by atoms with Crippen molar-refractivity contribution in [3.05, 3.63) is 47.7 Å². The molecule has 114 valence electrons. The van der Waals surface area contributed by atoms with E-state index >= 15 is 0 Å². The van der Waals surface area contributed by atoms with Gasteiger partial charge in [0.05, 0.1) is 23.6 Å². The molecule has 2 heterocycles. The van der Waals surface area contributed by atoms with Crippen molar-refractivity contribution < 1.29 is 19.5 Å². The van der Waals surface area contributed by atoms with E-state index in [-0.39, 0.29) is 29.3 Å². The molecule has 2 N–H and O–H groups in total. The molecule has 1 saturated heterocycles. The van der Waals surface area contributed by atoms with Crippen molar-refractivity contribution in [1.29, 1.82) is 0 Å². The van der Waals surface area contributed by atoms with Gasteiger partial charge in [0.1, 0.15) is 5.70 Å². The number of carbonyl (C=O) groups is 3. The van der Waals surface area contributed by atoms with Gasteiger partial charge in [0, 0.05) is 0 Å². The van der Waals surface area contributed by atoms with Crippen LogP contribution in [0.2, 0.25) is 0 Å². The minimum absolute atomic E-state index is 0.0509. The summed E-state index contributed by atoms with van der Waals surface area (Å²) in [6.07, 6.45) is 1.96. The normalized spacial score (nSPS) is 23.2. The SMILES string of the molecule is O=C(Cc1ccccc1)NC1C=C(C(=O)O)N2C(=O)C[C@H]2S1. The summed E-state index contributed by atoms with van der Waals surface area (Å²) in [6.45, 7) is 0. The van der Waals surface area contributed by atoms with E-state index in [1.54, 1.807) is 0 Å². The van der Waals surface area contributed by atoms with E-state index in [1.165, 1.54) is 22.7 Å². The number of hydrogen-bond donors (Lipinski definition) is 2.